The van der Waals surface area contributed by atoms with Gasteiger partial charge in [-0.25, -0.2) is 8.42 Å². The van der Waals surface area contributed by atoms with E-state index < -0.39 is 21.8 Å². The van der Waals surface area contributed by atoms with Crippen LogP contribution < -0.4 is 0 Å². The van der Waals surface area contributed by atoms with Gasteiger partial charge in [0, 0.05) is 25.2 Å². The van der Waals surface area contributed by atoms with E-state index in [-0.39, 0.29) is 30.1 Å². The first-order valence-electron chi connectivity index (χ1n) is 7.58. The first-order valence-corrected chi connectivity index (χ1v) is 9.40. The molecule has 3 atom stereocenters. The molecule has 0 radical (unpaired) electrons. The molecule has 2 rings (SSSR count). The molecule has 21 heavy (non-hydrogen) atoms. The predicted molar refractivity (Wildman–Crippen MR) is 79.0 cm³/mol. The molecule has 0 amide bonds. The number of carboxylic acid groups (broad SMARTS) is 1. The van der Waals surface area contributed by atoms with E-state index >= 15 is 0 Å². The molecule has 2 aliphatic rings. The van der Waals surface area contributed by atoms with E-state index in [0.29, 0.717) is 19.1 Å². The fourth-order valence-corrected chi connectivity index (χ4v) is 4.88. The summed E-state index contributed by atoms with van der Waals surface area (Å²) in [5, 5.41) is 9.05. The van der Waals surface area contributed by atoms with Crippen LogP contribution in [-0.4, -0.2) is 67.2 Å². The van der Waals surface area contributed by atoms with Gasteiger partial charge in [-0.05, 0) is 18.8 Å². The van der Waals surface area contributed by atoms with Crippen LogP contribution in [0.25, 0.3) is 0 Å². The molecule has 122 valence electrons. The third-order valence-corrected chi connectivity index (χ3v) is 6.18. The number of nitrogens with zero attached hydrogens (tertiary/aromatic N) is 1. The Morgan fingerprint density at radius 2 is 2.14 bits per heavy atom. The van der Waals surface area contributed by atoms with Crippen molar-refractivity contribution >= 4 is 15.8 Å². The van der Waals surface area contributed by atoms with Crippen LogP contribution in [0.1, 0.15) is 33.1 Å². The molecule has 0 aromatic rings. The van der Waals surface area contributed by atoms with Crippen LogP contribution in [0.3, 0.4) is 0 Å². The van der Waals surface area contributed by atoms with Crippen molar-refractivity contribution in [3.05, 3.63) is 0 Å². The first kappa shape index (κ1) is 16.7. The lowest BCUT2D eigenvalue weighted by atomic mass is 9.93. The molecule has 0 aliphatic carbocycles. The average molecular weight is 319 g/mol. The van der Waals surface area contributed by atoms with Crippen molar-refractivity contribution in [3.8, 4) is 0 Å². The summed E-state index contributed by atoms with van der Waals surface area (Å²) in [6, 6.07) is -0.178. The lowest BCUT2D eigenvalue weighted by Gasteiger charge is -2.44. The van der Waals surface area contributed by atoms with Gasteiger partial charge in [0.2, 0.25) is 0 Å². The van der Waals surface area contributed by atoms with Crippen LogP contribution >= 0.6 is 0 Å². The minimum Gasteiger partial charge on any atom is -0.481 e. The highest BCUT2D eigenvalue weighted by atomic mass is 32.2. The van der Waals surface area contributed by atoms with Crippen molar-refractivity contribution in [3.63, 3.8) is 0 Å². The maximum Gasteiger partial charge on any atom is 0.304 e. The molecule has 2 aliphatic heterocycles. The molecule has 7 heteroatoms. The highest BCUT2D eigenvalue weighted by molar-refractivity contribution is 7.91. The van der Waals surface area contributed by atoms with Crippen LogP contribution in [0.5, 0.6) is 0 Å². The van der Waals surface area contributed by atoms with Crippen LogP contribution in [0.4, 0.5) is 0 Å². The molecule has 1 N–H and O–H groups in total. The molecule has 0 saturated carbocycles. The van der Waals surface area contributed by atoms with Crippen LogP contribution in [0, 0.1) is 5.92 Å². The second kappa shape index (κ2) is 6.62. The second-order valence-electron chi connectivity index (χ2n) is 6.44. The Hall–Kier alpha value is -0.660. The van der Waals surface area contributed by atoms with Gasteiger partial charge in [-0.1, -0.05) is 13.8 Å². The summed E-state index contributed by atoms with van der Waals surface area (Å²) in [6.07, 6.45) is 1.77. The van der Waals surface area contributed by atoms with E-state index in [4.69, 9.17) is 9.84 Å². The van der Waals surface area contributed by atoms with Gasteiger partial charge in [0.05, 0.1) is 24.0 Å². The zero-order valence-electron chi connectivity index (χ0n) is 12.7. The van der Waals surface area contributed by atoms with E-state index in [1.807, 2.05) is 0 Å². The van der Waals surface area contributed by atoms with E-state index in [0.717, 1.165) is 12.8 Å². The fraction of sp³-hybridized carbons (Fsp3) is 0.929. The molecule has 6 nitrogen and oxygen atoms in total. The smallest absolute Gasteiger partial charge is 0.304 e. The van der Waals surface area contributed by atoms with Crippen molar-refractivity contribution in [1.82, 2.24) is 4.90 Å². The summed E-state index contributed by atoms with van der Waals surface area (Å²) in [5.41, 5.74) is 0. The largest absolute Gasteiger partial charge is 0.481 e. The summed E-state index contributed by atoms with van der Waals surface area (Å²) in [7, 11) is -3.12. The number of hydrogen-bond acceptors (Lipinski definition) is 5. The molecule has 0 aromatic carbocycles. The van der Waals surface area contributed by atoms with E-state index in [1.54, 1.807) is 0 Å². The lowest BCUT2D eigenvalue weighted by molar-refractivity contribution is -0.138. The highest BCUT2D eigenvalue weighted by Crippen LogP contribution is 2.28. The normalized spacial score (nSPS) is 34.0. The first-order chi connectivity index (χ1) is 9.78. The minimum atomic E-state index is -3.12. The highest BCUT2D eigenvalue weighted by Gasteiger charge is 2.38. The Morgan fingerprint density at radius 1 is 1.43 bits per heavy atom. The molecule has 2 saturated heterocycles. The van der Waals surface area contributed by atoms with Crippen molar-refractivity contribution in [2.45, 2.75) is 51.3 Å². The van der Waals surface area contributed by atoms with Gasteiger partial charge in [-0.2, -0.15) is 0 Å². The van der Waals surface area contributed by atoms with Crippen molar-refractivity contribution < 1.29 is 23.1 Å². The van der Waals surface area contributed by atoms with Gasteiger partial charge in [-0.3, -0.25) is 9.69 Å². The Morgan fingerprint density at radius 3 is 2.76 bits per heavy atom. The quantitative estimate of drug-likeness (QED) is 0.824. The number of rotatable bonds is 4. The standard InChI is InChI=1S/C14H25NO5S/c1-10(2)13-7-11(3-5-20-13)15-4-6-21(18,19)9-12(15)8-14(16)17/h10-13H,3-9H2,1-2H3,(H,16,17). The van der Waals surface area contributed by atoms with Crippen LogP contribution in [-0.2, 0) is 19.4 Å². The Labute approximate surface area is 126 Å². The topological polar surface area (TPSA) is 83.9 Å². The Balaban J connectivity index is 2.09. The predicted octanol–water partition coefficient (Wildman–Crippen LogP) is 0.764. The van der Waals surface area contributed by atoms with E-state index in [9.17, 15) is 13.2 Å². The summed E-state index contributed by atoms with van der Waals surface area (Å²) in [6.45, 7) is 5.33. The minimum absolute atomic E-state index is 0.0387. The SMILES string of the molecule is CC(C)C1CC(N2CCS(=O)(=O)CC2CC(=O)O)CCO1. The summed E-state index contributed by atoms with van der Waals surface area (Å²) in [4.78, 5) is 13.1. The van der Waals surface area contributed by atoms with Gasteiger partial charge in [0.25, 0.3) is 0 Å². The number of sulfone groups is 1. The molecule has 0 bridgehead atoms. The summed E-state index contributed by atoms with van der Waals surface area (Å²) in [5.74, 6) is -0.427. The number of aliphatic carboxylic acids is 1. The monoisotopic (exact) mass is 319 g/mol. The second-order valence-corrected chi connectivity index (χ2v) is 8.66. The number of hydrogen-bond donors (Lipinski definition) is 1. The zero-order valence-corrected chi connectivity index (χ0v) is 13.5. The third kappa shape index (κ3) is 4.40. The molecule has 3 unspecified atom stereocenters. The number of carboxylic acids is 1. The molecule has 0 spiro atoms. The van der Waals surface area contributed by atoms with Crippen LogP contribution in [0.2, 0.25) is 0 Å². The number of carbonyl (C=O) groups is 1. The van der Waals surface area contributed by atoms with Gasteiger partial charge in [0.1, 0.15) is 0 Å². The van der Waals surface area contributed by atoms with Gasteiger partial charge >= 0.3 is 5.97 Å². The molecular weight excluding hydrogens is 294 g/mol. The van der Waals surface area contributed by atoms with E-state index in [1.165, 1.54) is 0 Å². The van der Waals surface area contributed by atoms with Gasteiger partial charge in [-0.15, -0.1) is 0 Å². The molecule has 2 heterocycles. The van der Waals surface area contributed by atoms with Crippen LogP contribution in [0.15, 0.2) is 0 Å². The lowest BCUT2D eigenvalue weighted by Crippen LogP contribution is -2.56. The Kier molecular flexibility index (Phi) is 5.27. The summed E-state index contributed by atoms with van der Waals surface area (Å²) < 4.78 is 29.4. The average Bonchev–Trinajstić information content (AvgIpc) is 2.37. The third-order valence-electron chi connectivity index (χ3n) is 4.49. The van der Waals surface area contributed by atoms with E-state index in [2.05, 4.69) is 18.7 Å². The van der Waals surface area contributed by atoms with Crippen molar-refractivity contribution in [1.29, 1.82) is 0 Å². The molecular formula is C14H25NO5S. The maximum atomic E-state index is 11.8. The Bertz CT molecular complexity index is 476. The molecule has 2 fully saturated rings. The summed E-state index contributed by atoms with van der Waals surface area (Å²) >= 11 is 0. The zero-order chi connectivity index (χ0) is 15.6. The van der Waals surface area contributed by atoms with Gasteiger partial charge in [0.15, 0.2) is 9.84 Å². The van der Waals surface area contributed by atoms with Crippen molar-refractivity contribution in [2.24, 2.45) is 5.92 Å². The van der Waals surface area contributed by atoms with Crippen molar-refractivity contribution in [2.75, 3.05) is 24.7 Å². The number of ether oxygens (including phenoxy) is 1. The maximum absolute atomic E-state index is 11.8. The van der Waals surface area contributed by atoms with Gasteiger partial charge < -0.3 is 9.84 Å². The molecule has 0 aromatic heterocycles. The fourth-order valence-electron chi connectivity index (χ4n) is 3.33.